The highest BCUT2D eigenvalue weighted by molar-refractivity contribution is 5.09. The van der Waals surface area contributed by atoms with E-state index in [1.54, 1.807) is 11.0 Å². The Bertz CT molecular complexity index is 222. The van der Waals surface area contributed by atoms with Gasteiger partial charge in [0.25, 0.3) is 0 Å². The zero-order valence-corrected chi connectivity index (χ0v) is 6.44. The third-order valence-corrected chi connectivity index (χ3v) is 1.36. The molecule has 62 valence electrons. The molecule has 0 aromatic carbocycles. The van der Waals surface area contributed by atoms with Gasteiger partial charge in [0.1, 0.15) is 6.33 Å². The molecule has 0 aliphatic rings. The van der Waals surface area contributed by atoms with Gasteiger partial charge in [-0.3, -0.25) is 4.68 Å². The molecule has 3 N–H and O–H groups in total. The highest BCUT2D eigenvalue weighted by atomic mass is 16.3. The molecule has 1 unspecified atom stereocenters. The van der Waals surface area contributed by atoms with Crippen molar-refractivity contribution >= 4 is 5.95 Å². The van der Waals surface area contributed by atoms with Crippen molar-refractivity contribution in [2.75, 3.05) is 12.3 Å². The van der Waals surface area contributed by atoms with E-state index >= 15 is 0 Å². The van der Waals surface area contributed by atoms with Gasteiger partial charge < -0.3 is 10.8 Å². The first kappa shape index (κ1) is 8.00. The number of hydrogen-bond acceptors (Lipinski definition) is 4. The van der Waals surface area contributed by atoms with Crippen molar-refractivity contribution in [1.29, 1.82) is 0 Å². The fourth-order valence-electron chi connectivity index (χ4n) is 0.774. The highest BCUT2D eigenvalue weighted by Crippen LogP contribution is 1.98. The van der Waals surface area contributed by atoms with Crippen molar-refractivity contribution in [2.24, 2.45) is 5.92 Å². The van der Waals surface area contributed by atoms with Crippen LogP contribution in [0.25, 0.3) is 0 Å². The second-order valence-corrected chi connectivity index (χ2v) is 2.61. The summed E-state index contributed by atoms with van der Waals surface area (Å²) in [5.74, 6) is 0.464. The van der Waals surface area contributed by atoms with Crippen LogP contribution in [-0.4, -0.2) is 26.5 Å². The largest absolute Gasteiger partial charge is 0.396 e. The molecule has 11 heavy (non-hydrogen) atoms. The number of aliphatic hydroxyl groups is 1. The summed E-state index contributed by atoms with van der Waals surface area (Å²) in [6, 6.07) is 0. The Morgan fingerprint density at radius 1 is 1.82 bits per heavy atom. The summed E-state index contributed by atoms with van der Waals surface area (Å²) in [5.41, 5.74) is 5.29. The molecule has 1 atom stereocenters. The van der Waals surface area contributed by atoms with Gasteiger partial charge in [0.05, 0.1) is 0 Å². The average molecular weight is 156 g/mol. The van der Waals surface area contributed by atoms with Crippen LogP contribution in [0.2, 0.25) is 0 Å². The smallest absolute Gasteiger partial charge is 0.239 e. The van der Waals surface area contributed by atoms with Gasteiger partial charge in [-0.05, 0) is 5.92 Å². The first-order valence-electron chi connectivity index (χ1n) is 3.48. The number of anilines is 1. The number of nitrogen functional groups attached to an aromatic ring is 1. The first-order valence-corrected chi connectivity index (χ1v) is 3.48. The molecule has 0 radical (unpaired) electrons. The molecule has 0 amide bonds. The standard InChI is InChI=1S/C6H12N4O/c1-5(3-11)2-10-4-8-6(7)9-10/h4-5,11H,2-3H2,1H3,(H2,7,9). The molecule has 0 spiro atoms. The molecule has 0 saturated carbocycles. The summed E-state index contributed by atoms with van der Waals surface area (Å²) in [4.78, 5) is 3.75. The maximum absolute atomic E-state index is 8.71. The van der Waals surface area contributed by atoms with Crippen LogP contribution in [0.4, 0.5) is 5.95 Å². The topological polar surface area (TPSA) is 77.0 Å². The van der Waals surface area contributed by atoms with E-state index in [9.17, 15) is 0 Å². The van der Waals surface area contributed by atoms with Crippen LogP contribution in [0, 0.1) is 5.92 Å². The normalized spacial score (nSPS) is 13.3. The molecule has 1 heterocycles. The lowest BCUT2D eigenvalue weighted by molar-refractivity contribution is 0.219. The molecule has 5 nitrogen and oxygen atoms in total. The summed E-state index contributed by atoms with van der Waals surface area (Å²) in [6.07, 6.45) is 1.56. The van der Waals surface area contributed by atoms with Gasteiger partial charge in [0.2, 0.25) is 5.95 Å². The molecule has 5 heteroatoms. The van der Waals surface area contributed by atoms with E-state index in [4.69, 9.17) is 10.8 Å². The fraction of sp³-hybridized carbons (Fsp3) is 0.667. The van der Waals surface area contributed by atoms with Crippen molar-refractivity contribution in [3.05, 3.63) is 6.33 Å². The molecular formula is C6H12N4O. The van der Waals surface area contributed by atoms with Crippen LogP contribution < -0.4 is 5.73 Å². The van der Waals surface area contributed by atoms with Crippen LogP contribution >= 0.6 is 0 Å². The lowest BCUT2D eigenvalue weighted by Gasteiger charge is -2.05. The maximum Gasteiger partial charge on any atom is 0.239 e. The molecule has 1 rings (SSSR count). The summed E-state index contributed by atoms with van der Waals surface area (Å²) >= 11 is 0. The van der Waals surface area contributed by atoms with E-state index in [1.165, 1.54) is 0 Å². The molecule has 1 aromatic rings. The number of nitrogens with zero attached hydrogens (tertiary/aromatic N) is 3. The molecule has 0 bridgehead atoms. The third kappa shape index (κ3) is 2.19. The Kier molecular flexibility index (Phi) is 2.43. The number of hydrogen-bond donors (Lipinski definition) is 2. The number of rotatable bonds is 3. The van der Waals surface area contributed by atoms with Gasteiger partial charge in [-0.15, -0.1) is 5.10 Å². The average Bonchev–Trinajstić information content (AvgIpc) is 2.35. The van der Waals surface area contributed by atoms with Crippen LogP contribution in [0.1, 0.15) is 6.92 Å². The molecule has 0 saturated heterocycles. The Hall–Kier alpha value is -1.10. The summed E-state index contributed by atoms with van der Waals surface area (Å²) in [7, 11) is 0. The van der Waals surface area contributed by atoms with Crippen molar-refractivity contribution in [3.8, 4) is 0 Å². The number of aliphatic hydroxyl groups excluding tert-OH is 1. The minimum atomic E-state index is 0.153. The van der Waals surface area contributed by atoms with Crippen LogP contribution in [0.5, 0.6) is 0 Å². The molecule has 0 aliphatic heterocycles. The van der Waals surface area contributed by atoms with E-state index in [0.717, 1.165) is 0 Å². The van der Waals surface area contributed by atoms with E-state index in [-0.39, 0.29) is 18.5 Å². The predicted octanol–water partition coefficient (Wildman–Crippen LogP) is -0.511. The molecule has 1 aromatic heterocycles. The van der Waals surface area contributed by atoms with E-state index < -0.39 is 0 Å². The van der Waals surface area contributed by atoms with Crippen molar-refractivity contribution in [1.82, 2.24) is 14.8 Å². The second-order valence-electron chi connectivity index (χ2n) is 2.61. The van der Waals surface area contributed by atoms with E-state index in [1.807, 2.05) is 6.92 Å². The van der Waals surface area contributed by atoms with E-state index in [2.05, 4.69) is 10.1 Å². The van der Waals surface area contributed by atoms with Crippen LogP contribution in [-0.2, 0) is 6.54 Å². The number of nitrogens with two attached hydrogens (primary N) is 1. The lowest BCUT2D eigenvalue weighted by Crippen LogP contribution is -2.11. The highest BCUT2D eigenvalue weighted by Gasteiger charge is 2.02. The first-order chi connectivity index (χ1) is 5.22. The lowest BCUT2D eigenvalue weighted by atomic mass is 10.2. The van der Waals surface area contributed by atoms with Gasteiger partial charge >= 0.3 is 0 Å². The SMILES string of the molecule is CC(CO)Cn1cnc(N)n1. The fourth-order valence-corrected chi connectivity index (χ4v) is 0.774. The van der Waals surface area contributed by atoms with Crippen molar-refractivity contribution in [2.45, 2.75) is 13.5 Å². The maximum atomic E-state index is 8.71. The zero-order valence-electron chi connectivity index (χ0n) is 6.44. The zero-order chi connectivity index (χ0) is 8.27. The van der Waals surface area contributed by atoms with Crippen molar-refractivity contribution < 1.29 is 5.11 Å². The van der Waals surface area contributed by atoms with Gasteiger partial charge in [0.15, 0.2) is 0 Å². The summed E-state index contributed by atoms with van der Waals surface area (Å²) < 4.78 is 1.62. The summed E-state index contributed by atoms with van der Waals surface area (Å²) in [6.45, 7) is 2.73. The second kappa shape index (κ2) is 3.34. The minimum absolute atomic E-state index is 0.153. The van der Waals surface area contributed by atoms with E-state index in [0.29, 0.717) is 6.54 Å². The minimum Gasteiger partial charge on any atom is -0.396 e. The molecule has 0 fully saturated rings. The van der Waals surface area contributed by atoms with Crippen LogP contribution in [0.15, 0.2) is 6.33 Å². The van der Waals surface area contributed by atoms with Crippen LogP contribution in [0.3, 0.4) is 0 Å². The van der Waals surface area contributed by atoms with Gasteiger partial charge in [-0.2, -0.15) is 0 Å². The summed E-state index contributed by atoms with van der Waals surface area (Å²) in [5, 5.41) is 12.6. The van der Waals surface area contributed by atoms with Gasteiger partial charge in [-0.1, -0.05) is 6.92 Å². The van der Waals surface area contributed by atoms with Crippen molar-refractivity contribution in [3.63, 3.8) is 0 Å². The molecular weight excluding hydrogens is 144 g/mol. The van der Waals surface area contributed by atoms with Gasteiger partial charge in [0, 0.05) is 13.2 Å². The third-order valence-electron chi connectivity index (χ3n) is 1.36. The Morgan fingerprint density at radius 2 is 2.55 bits per heavy atom. The Morgan fingerprint density at radius 3 is 3.00 bits per heavy atom. The van der Waals surface area contributed by atoms with Gasteiger partial charge in [-0.25, -0.2) is 4.98 Å². The monoisotopic (exact) mass is 156 g/mol. The Labute approximate surface area is 64.9 Å². The quantitative estimate of drug-likeness (QED) is 0.617. The number of aromatic nitrogens is 3. The Balaban J connectivity index is 2.50. The molecule has 0 aliphatic carbocycles. The predicted molar refractivity (Wildman–Crippen MR) is 40.7 cm³/mol.